The summed E-state index contributed by atoms with van der Waals surface area (Å²) in [6.45, 7) is 5.48. The number of nitrogens with one attached hydrogen (secondary N) is 2. The van der Waals surface area contributed by atoms with Gasteiger partial charge in [-0.05, 0) is 57.2 Å². The van der Waals surface area contributed by atoms with Crippen molar-refractivity contribution in [1.29, 1.82) is 0 Å². The van der Waals surface area contributed by atoms with Crippen LogP contribution in [0.1, 0.15) is 20.8 Å². The van der Waals surface area contributed by atoms with Crippen LogP contribution in [0.4, 0.5) is 21.9 Å². The third-order valence-electron chi connectivity index (χ3n) is 2.89. The Morgan fingerprint density at radius 2 is 1.61 bits per heavy atom. The summed E-state index contributed by atoms with van der Waals surface area (Å²) >= 11 is 0. The van der Waals surface area contributed by atoms with Gasteiger partial charge >= 0.3 is 6.09 Å². The maximum Gasteiger partial charge on any atom is 0.412 e. The molecule has 2 rings (SSSR count). The average molecular weight is 314 g/mol. The Bertz CT molecular complexity index is 661. The molecule has 0 unspecified atom stereocenters. The lowest BCUT2D eigenvalue weighted by molar-refractivity contribution is 0.0636. The molecule has 2 N–H and O–H groups in total. The van der Waals surface area contributed by atoms with Crippen LogP contribution in [0.15, 0.2) is 48.5 Å². The first-order valence-corrected chi connectivity index (χ1v) is 7.37. The summed E-state index contributed by atoms with van der Waals surface area (Å²) in [6, 6.07) is 15.1. The van der Waals surface area contributed by atoms with E-state index in [9.17, 15) is 4.79 Å². The highest BCUT2D eigenvalue weighted by Gasteiger charge is 2.16. The minimum absolute atomic E-state index is 0.467. The monoisotopic (exact) mass is 314 g/mol. The lowest BCUT2D eigenvalue weighted by Crippen LogP contribution is -2.27. The molecule has 5 nitrogen and oxygen atoms in total. The molecule has 122 valence electrons. The average Bonchev–Trinajstić information content (AvgIpc) is 2.47. The third kappa shape index (κ3) is 5.54. The molecule has 0 aliphatic heterocycles. The number of ether oxygens (including phenoxy) is 2. The maximum absolute atomic E-state index is 11.7. The zero-order valence-electron chi connectivity index (χ0n) is 13.8. The summed E-state index contributed by atoms with van der Waals surface area (Å²) in [6.07, 6.45) is -0.467. The largest absolute Gasteiger partial charge is 0.497 e. The number of amides is 1. The predicted octanol–water partition coefficient (Wildman–Crippen LogP) is 4.79. The van der Waals surface area contributed by atoms with Crippen LogP contribution in [-0.4, -0.2) is 18.8 Å². The van der Waals surface area contributed by atoms with Gasteiger partial charge in [-0.3, -0.25) is 5.32 Å². The Kier molecular flexibility index (Phi) is 5.11. The molecule has 0 bridgehead atoms. The van der Waals surface area contributed by atoms with E-state index in [4.69, 9.17) is 9.47 Å². The van der Waals surface area contributed by atoms with Crippen LogP contribution in [-0.2, 0) is 4.74 Å². The summed E-state index contributed by atoms with van der Waals surface area (Å²) in [5.41, 5.74) is 2.00. The zero-order valence-corrected chi connectivity index (χ0v) is 13.8. The van der Waals surface area contributed by atoms with Gasteiger partial charge in [-0.1, -0.05) is 6.07 Å². The maximum atomic E-state index is 11.7. The summed E-state index contributed by atoms with van der Waals surface area (Å²) in [7, 11) is 1.64. The molecule has 23 heavy (non-hydrogen) atoms. The number of anilines is 3. The normalized spacial score (nSPS) is 10.8. The van der Waals surface area contributed by atoms with Crippen LogP contribution in [0.3, 0.4) is 0 Å². The number of hydrogen-bond acceptors (Lipinski definition) is 4. The van der Waals surface area contributed by atoms with Crippen LogP contribution in [0.2, 0.25) is 0 Å². The molecule has 0 aliphatic carbocycles. The lowest BCUT2D eigenvalue weighted by Gasteiger charge is -2.19. The van der Waals surface area contributed by atoms with Gasteiger partial charge in [0.15, 0.2) is 0 Å². The van der Waals surface area contributed by atoms with Crippen molar-refractivity contribution in [2.45, 2.75) is 26.4 Å². The fourth-order valence-electron chi connectivity index (χ4n) is 1.93. The summed E-state index contributed by atoms with van der Waals surface area (Å²) in [4.78, 5) is 11.7. The van der Waals surface area contributed by atoms with Gasteiger partial charge in [-0.15, -0.1) is 0 Å². The van der Waals surface area contributed by atoms with E-state index in [1.165, 1.54) is 0 Å². The molecule has 0 spiro atoms. The van der Waals surface area contributed by atoms with Crippen molar-refractivity contribution in [3.05, 3.63) is 48.5 Å². The molecular weight excluding hydrogens is 292 g/mol. The van der Waals surface area contributed by atoms with Gasteiger partial charge in [-0.2, -0.15) is 0 Å². The van der Waals surface area contributed by atoms with E-state index < -0.39 is 11.7 Å². The number of rotatable bonds is 4. The zero-order chi connectivity index (χ0) is 16.9. The minimum atomic E-state index is -0.516. The van der Waals surface area contributed by atoms with Crippen LogP contribution >= 0.6 is 0 Å². The van der Waals surface area contributed by atoms with E-state index in [-0.39, 0.29) is 0 Å². The smallest absolute Gasteiger partial charge is 0.412 e. The van der Waals surface area contributed by atoms with E-state index in [1.807, 2.05) is 69.3 Å². The summed E-state index contributed by atoms with van der Waals surface area (Å²) in [5, 5.41) is 5.97. The van der Waals surface area contributed by atoms with Gasteiger partial charge in [0.05, 0.1) is 7.11 Å². The summed E-state index contributed by atoms with van der Waals surface area (Å²) < 4.78 is 10.4. The Hall–Kier alpha value is -2.69. The van der Waals surface area contributed by atoms with Gasteiger partial charge in [0.1, 0.15) is 11.4 Å². The van der Waals surface area contributed by atoms with Crippen LogP contribution in [0.5, 0.6) is 5.75 Å². The molecule has 0 heterocycles. The van der Waals surface area contributed by atoms with Crippen LogP contribution in [0.25, 0.3) is 0 Å². The molecule has 0 radical (unpaired) electrons. The van der Waals surface area contributed by atoms with Crippen molar-refractivity contribution in [1.82, 2.24) is 0 Å². The first-order valence-electron chi connectivity index (χ1n) is 7.37. The fraction of sp³-hybridized carbons (Fsp3) is 0.278. The number of carbonyl (C=O) groups is 1. The van der Waals surface area contributed by atoms with E-state index in [1.54, 1.807) is 7.11 Å². The van der Waals surface area contributed by atoms with E-state index in [2.05, 4.69) is 10.6 Å². The fourth-order valence-corrected chi connectivity index (χ4v) is 1.93. The molecule has 0 atom stereocenters. The highest BCUT2D eigenvalue weighted by molar-refractivity contribution is 5.85. The number of benzene rings is 2. The second-order valence-electron chi connectivity index (χ2n) is 6.06. The first-order chi connectivity index (χ1) is 10.9. The van der Waals surface area contributed by atoms with Crippen molar-refractivity contribution >= 4 is 23.2 Å². The topological polar surface area (TPSA) is 59.6 Å². The summed E-state index contributed by atoms with van der Waals surface area (Å²) in [5.74, 6) is 0.790. The van der Waals surface area contributed by atoms with E-state index >= 15 is 0 Å². The van der Waals surface area contributed by atoms with Gasteiger partial charge in [0, 0.05) is 23.1 Å². The quantitative estimate of drug-likeness (QED) is 0.852. The van der Waals surface area contributed by atoms with Gasteiger partial charge < -0.3 is 14.8 Å². The molecule has 0 saturated carbocycles. The second kappa shape index (κ2) is 7.05. The molecule has 0 saturated heterocycles. The van der Waals surface area contributed by atoms with Crippen molar-refractivity contribution in [3.8, 4) is 5.75 Å². The Morgan fingerprint density at radius 1 is 0.957 bits per heavy atom. The number of hydrogen-bond donors (Lipinski definition) is 2. The Balaban J connectivity index is 1.98. The second-order valence-corrected chi connectivity index (χ2v) is 6.06. The van der Waals surface area contributed by atoms with Crippen LogP contribution < -0.4 is 15.4 Å². The molecule has 2 aromatic carbocycles. The molecule has 0 aliphatic rings. The minimum Gasteiger partial charge on any atom is -0.497 e. The first kappa shape index (κ1) is 16.7. The third-order valence-corrected chi connectivity index (χ3v) is 2.89. The van der Waals surface area contributed by atoms with E-state index in [0.29, 0.717) is 5.69 Å². The van der Waals surface area contributed by atoms with Crippen molar-refractivity contribution < 1.29 is 14.3 Å². The number of methoxy groups -OCH3 is 1. The molecule has 1 amide bonds. The van der Waals surface area contributed by atoms with Crippen molar-refractivity contribution in [2.75, 3.05) is 17.7 Å². The Morgan fingerprint density at radius 3 is 2.22 bits per heavy atom. The molecule has 0 fully saturated rings. The van der Waals surface area contributed by atoms with Crippen molar-refractivity contribution in [3.63, 3.8) is 0 Å². The molecule has 0 aromatic heterocycles. The lowest BCUT2D eigenvalue weighted by atomic mass is 10.2. The van der Waals surface area contributed by atoms with E-state index in [0.717, 1.165) is 17.1 Å². The Labute approximate surface area is 136 Å². The highest BCUT2D eigenvalue weighted by Crippen LogP contribution is 2.22. The molecular formula is C18H22N2O3. The SMILES string of the molecule is COc1cccc(Nc2ccc(NC(=O)OC(C)(C)C)cc2)c1. The molecule has 5 heteroatoms. The van der Waals surface area contributed by atoms with Gasteiger partial charge in [0.25, 0.3) is 0 Å². The standard InChI is InChI=1S/C18H22N2O3/c1-18(2,3)23-17(21)20-14-10-8-13(9-11-14)19-15-6-5-7-16(12-15)22-4/h5-12,19H,1-4H3,(H,20,21). The highest BCUT2D eigenvalue weighted by atomic mass is 16.6. The van der Waals surface area contributed by atoms with Crippen LogP contribution in [0, 0.1) is 0 Å². The molecule has 2 aromatic rings. The van der Waals surface area contributed by atoms with Crippen molar-refractivity contribution in [2.24, 2.45) is 0 Å². The number of carbonyl (C=O) groups excluding carboxylic acids is 1. The van der Waals surface area contributed by atoms with Gasteiger partial charge in [0.2, 0.25) is 0 Å². The predicted molar refractivity (Wildman–Crippen MR) is 92.6 cm³/mol. The van der Waals surface area contributed by atoms with Gasteiger partial charge in [-0.25, -0.2) is 4.79 Å².